The number of aryl methyl sites for hydroxylation is 1. The lowest BCUT2D eigenvalue weighted by atomic mass is 10.1. The number of aromatic nitrogens is 5. The molecule has 4 aromatic rings. The fourth-order valence-electron chi connectivity index (χ4n) is 3.38. The molecule has 0 amide bonds. The molecule has 0 bridgehead atoms. The van der Waals surface area contributed by atoms with Gasteiger partial charge in [-0.25, -0.2) is 0 Å². The average molecular weight is 434 g/mol. The smallest absolute Gasteiger partial charge is 0.226 e. The lowest BCUT2D eigenvalue weighted by Crippen LogP contribution is -2.05. The second kappa shape index (κ2) is 8.93. The van der Waals surface area contributed by atoms with E-state index in [0.29, 0.717) is 17.6 Å². The van der Waals surface area contributed by atoms with Crippen LogP contribution in [0.3, 0.4) is 0 Å². The van der Waals surface area contributed by atoms with Crippen molar-refractivity contribution in [3.05, 3.63) is 71.9 Å². The molecule has 1 aliphatic carbocycles. The number of nitrogens with zero attached hydrogens (tertiary/aromatic N) is 5. The zero-order chi connectivity index (χ0) is 21.0. The third-order valence-electron chi connectivity index (χ3n) is 5.27. The summed E-state index contributed by atoms with van der Waals surface area (Å²) in [6.45, 7) is 0.776. The van der Waals surface area contributed by atoms with Gasteiger partial charge < -0.3 is 13.7 Å². The van der Waals surface area contributed by atoms with Crippen molar-refractivity contribution in [1.29, 1.82) is 0 Å². The van der Waals surface area contributed by atoms with Gasteiger partial charge in [-0.2, -0.15) is 0 Å². The molecular formula is C23H23N5O2S. The van der Waals surface area contributed by atoms with Crippen molar-refractivity contribution in [3.8, 4) is 17.1 Å². The molecule has 0 saturated heterocycles. The molecule has 8 heteroatoms. The maximum Gasteiger partial charge on any atom is 0.226 e. The Morgan fingerprint density at radius 2 is 1.81 bits per heavy atom. The van der Waals surface area contributed by atoms with Gasteiger partial charge in [-0.15, -0.1) is 20.4 Å². The first-order valence-corrected chi connectivity index (χ1v) is 11.4. The van der Waals surface area contributed by atoms with Crippen LogP contribution in [-0.2, 0) is 18.7 Å². The Balaban J connectivity index is 1.37. The van der Waals surface area contributed by atoms with Gasteiger partial charge in [0, 0.05) is 18.0 Å². The standard InChI is InChI=1S/C23H23N5O2S/c1-29-19-11-9-17(10-12-19)21-25-27-23(28(21)14-13-16-5-3-2-4-6-16)31-15-20-24-26-22(30-20)18-7-8-18/h2-6,9-12,18H,7-8,13-15H2,1H3. The molecule has 1 aliphatic rings. The molecule has 0 radical (unpaired) electrons. The highest BCUT2D eigenvalue weighted by molar-refractivity contribution is 7.98. The maximum absolute atomic E-state index is 5.80. The van der Waals surface area contributed by atoms with Crippen molar-refractivity contribution in [2.24, 2.45) is 0 Å². The van der Waals surface area contributed by atoms with Crippen LogP contribution in [0.4, 0.5) is 0 Å². The normalized spacial score (nSPS) is 13.5. The molecule has 0 N–H and O–H groups in total. The summed E-state index contributed by atoms with van der Waals surface area (Å²) in [6.07, 6.45) is 3.18. The van der Waals surface area contributed by atoms with Gasteiger partial charge in [0.15, 0.2) is 11.0 Å². The second-order valence-corrected chi connectivity index (χ2v) is 8.46. The summed E-state index contributed by atoms with van der Waals surface area (Å²) in [5.74, 6) is 4.09. The van der Waals surface area contributed by atoms with E-state index >= 15 is 0 Å². The Kier molecular flexibility index (Phi) is 5.71. The Hall–Kier alpha value is -3.13. The van der Waals surface area contributed by atoms with E-state index in [1.807, 2.05) is 30.3 Å². The number of methoxy groups -OCH3 is 1. The van der Waals surface area contributed by atoms with Gasteiger partial charge in [0.25, 0.3) is 0 Å². The minimum atomic E-state index is 0.461. The lowest BCUT2D eigenvalue weighted by molar-refractivity contribution is 0.415. The minimum absolute atomic E-state index is 0.461. The van der Waals surface area contributed by atoms with E-state index in [4.69, 9.17) is 9.15 Å². The van der Waals surface area contributed by atoms with E-state index in [2.05, 4.69) is 49.2 Å². The molecule has 1 saturated carbocycles. The third kappa shape index (κ3) is 4.64. The van der Waals surface area contributed by atoms with Crippen LogP contribution < -0.4 is 4.74 Å². The monoisotopic (exact) mass is 433 g/mol. The predicted octanol–water partition coefficient (Wildman–Crippen LogP) is 4.75. The van der Waals surface area contributed by atoms with Gasteiger partial charge in [-0.1, -0.05) is 42.1 Å². The fraction of sp³-hybridized carbons (Fsp3) is 0.304. The molecule has 1 fully saturated rings. The van der Waals surface area contributed by atoms with E-state index in [1.165, 1.54) is 5.56 Å². The largest absolute Gasteiger partial charge is 0.497 e. The van der Waals surface area contributed by atoms with Gasteiger partial charge in [0.05, 0.1) is 12.9 Å². The molecular weight excluding hydrogens is 410 g/mol. The molecule has 5 rings (SSSR count). The molecule has 0 aliphatic heterocycles. The second-order valence-electron chi connectivity index (χ2n) is 7.52. The summed E-state index contributed by atoms with van der Waals surface area (Å²) in [6, 6.07) is 18.3. The predicted molar refractivity (Wildman–Crippen MR) is 118 cm³/mol. The van der Waals surface area contributed by atoms with Crippen LogP contribution in [0.1, 0.15) is 36.1 Å². The van der Waals surface area contributed by atoms with Crippen LogP contribution in [-0.4, -0.2) is 32.1 Å². The van der Waals surface area contributed by atoms with Gasteiger partial charge in [-0.3, -0.25) is 0 Å². The van der Waals surface area contributed by atoms with Crippen LogP contribution >= 0.6 is 11.8 Å². The molecule has 158 valence electrons. The maximum atomic E-state index is 5.80. The third-order valence-corrected chi connectivity index (χ3v) is 6.22. The first-order valence-electron chi connectivity index (χ1n) is 10.4. The highest BCUT2D eigenvalue weighted by Crippen LogP contribution is 2.39. The van der Waals surface area contributed by atoms with Crippen LogP contribution in [0.2, 0.25) is 0 Å². The molecule has 0 spiro atoms. The van der Waals surface area contributed by atoms with Crippen LogP contribution in [0.15, 0.2) is 64.2 Å². The summed E-state index contributed by atoms with van der Waals surface area (Å²) in [5.41, 5.74) is 2.28. The van der Waals surface area contributed by atoms with Crippen molar-refractivity contribution < 1.29 is 9.15 Å². The molecule has 2 heterocycles. The number of rotatable bonds is 9. The summed E-state index contributed by atoms with van der Waals surface area (Å²) >= 11 is 1.57. The van der Waals surface area contributed by atoms with Crippen molar-refractivity contribution >= 4 is 11.8 Å². The minimum Gasteiger partial charge on any atom is -0.497 e. The average Bonchev–Trinajstić information content (AvgIpc) is 3.42. The van der Waals surface area contributed by atoms with Crippen LogP contribution in [0.5, 0.6) is 5.75 Å². The number of benzene rings is 2. The summed E-state index contributed by atoms with van der Waals surface area (Å²) < 4.78 is 13.3. The number of hydrogen-bond acceptors (Lipinski definition) is 7. The van der Waals surface area contributed by atoms with Gasteiger partial charge >= 0.3 is 0 Å². The Morgan fingerprint density at radius 3 is 2.55 bits per heavy atom. The van der Waals surface area contributed by atoms with E-state index in [9.17, 15) is 0 Å². The van der Waals surface area contributed by atoms with E-state index in [-0.39, 0.29) is 0 Å². The fourth-order valence-corrected chi connectivity index (χ4v) is 4.18. The lowest BCUT2D eigenvalue weighted by Gasteiger charge is -2.10. The van der Waals surface area contributed by atoms with Crippen molar-refractivity contribution in [2.45, 2.75) is 42.6 Å². The molecule has 31 heavy (non-hydrogen) atoms. The van der Waals surface area contributed by atoms with E-state index < -0.39 is 0 Å². The molecule has 0 unspecified atom stereocenters. The zero-order valence-corrected chi connectivity index (χ0v) is 18.1. The summed E-state index contributed by atoms with van der Waals surface area (Å²) in [7, 11) is 1.66. The van der Waals surface area contributed by atoms with E-state index in [0.717, 1.165) is 54.0 Å². The number of thioether (sulfide) groups is 1. The van der Waals surface area contributed by atoms with Gasteiger partial charge in [0.1, 0.15) is 5.75 Å². The summed E-state index contributed by atoms with van der Waals surface area (Å²) in [4.78, 5) is 0. The quantitative estimate of drug-likeness (QED) is 0.352. The SMILES string of the molecule is COc1ccc(-c2nnc(SCc3nnc(C4CC4)o3)n2CCc2ccccc2)cc1. The first-order chi connectivity index (χ1) is 15.3. The van der Waals surface area contributed by atoms with Crippen LogP contribution in [0, 0.1) is 0 Å². The Morgan fingerprint density at radius 1 is 1.00 bits per heavy atom. The van der Waals surface area contributed by atoms with Crippen molar-refractivity contribution in [3.63, 3.8) is 0 Å². The Bertz CT molecular complexity index is 1140. The molecule has 0 atom stereocenters. The zero-order valence-electron chi connectivity index (χ0n) is 17.3. The first kappa shape index (κ1) is 19.8. The van der Waals surface area contributed by atoms with Crippen molar-refractivity contribution in [2.75, 3.05) is 7.11 Å². The van der Waals surface area contributed by atoms with Crippen molar-refractivity contribution in [1.82, 2.24) is 25.0 Å². The summed E-state index contributed by atoms with van der Waals surface area (Å²) in [5, 5.41) is 18.2. The van der Waals surface area contributed by atoms with Gasteiger partial charge in [-0.05, 0) is 49.1 Å². The molecule has 2 aromatic heterocycles. The topological polar surface area (TPSA) is 78.9 Å². The van der Waals surface area contributed by atoms with Gasteiger partial charge in [0.2, 0.25) is 11.8 Å². The Labute approximate surface area is 184 Å². The highest BCUT2D eigenvalue weighted by Gasteiger charge is 2.29. The van der Waals surface area contributed by atoms with E-state index in [1.54, 1.807) is 18.9 Å². The highest BCUT2D eigenvalue weighted by atomic mass is 32.2. The van der Waals surface area contributed by atoms with Crippen LogP contribution in [0.25, 0.3) is 11.4 Å². The molecule has 2 aromatic carbocycles. The molecule has 7 nitrogen and oxygen atoms in total. The number of hydrogen-bond donors (Lipinski definition) is 0. The number of ether oxygens (including phenoxy) is 1.